The third kappa shape index (κ3) is 3.14. The summed E-state index contributed by atoms with van der Waals surface area (Å²) in [4.78, 5) is 28.8. The fourth-order valence-corrected chi connectivity index (χ4v) is 5.06. The van der Waals surface area contributed by atoms with E-state index in [1.54, 1.807) is 18.0 Å². The van der Waals surface area contributed by atoms with Crippen molar-refractivity contribution in [2.45, 2.75) is 31.2 Å². The Labute approximate surface area is 157 Å². The summed E-state index contributed by atoms with van der Waals surface area (Å²) in [6.07, 6.45) is 3.22. The van der Waals surface area contributed by atoms with Gasteiger partial charge in [0.1, 0.15) is 5.76 Å². The molecule has 2 aliphatic rings. The van der Waals surface area contributed by atoms with E-state index in [0.717, 1.165) is 29.7 Å². The molecule has 2 aliphatic heterocycles. The molecule has 6 heteroatoms. The lowest BCUT2D eigenvalue weighted by Crippen LogP contribution is -2.52. The third-order valence-corrected chi connectivity index (χ3v) is 6.84. The minimum absolute atomic E-state index is 0.0757. The van der Waals surface area contributed by atoms with Crippen molar-refractivity contribution in [3.05, 3.63) is 59.5 Å². The monoisotopic (exact) mass is 370 g/mol. The maximum atomic E-state index is 12.7. The molecule has 0 N–H and O–H groups in total. The molecule has 2 amide bonds. The lowest BCUT2D eigenvalue weighted by molar-refractivity contribution is -0.132. The summed E-state index contributed by atoms with van der Waals surface area (Å²) in [7, 11) is 0. The molecule has 2 fully saturated rings. The second-order valence-electron chi connectivity index (χ2n) is 6.95. The van der Waals surface area contributed by atoms with E-state index >= 15 is 0 Å². The van der Waals surface area contributed by atoms with Gasteiger partial charge < -0.3 is 14.2 Å². The smallest absolute Gasteiger partial charge is 0.253 e. The zero-order valence-electron chi connectivity index (χ0n) is 14.8. The molecule has 136 valence electrons. The quantitative estimate of drug-likeness (QED) is 0.832. The number of nitrogens with zero attached hydrogens (tertiary/aromatic N) is 2. The van der Waals surface area contributed by atoms with Crippen LogP contribution in [0, 0.1) is 6.92 Å². The normalized spacial score (nSPS) is 19.3. The van der Waals surface area contributed by atoms with Gasteiger partial charge in [-0.15, -0.1) is 11.8 Å². The molecule has 3 heterocycles. The van der Waals surface area contributed by atoms with Gasteiger partial charge in [0.25, 0.3) is 5.91 Å². The second-order valence-corrected chi connectivity index (χ2v) is 8.29. The van der Waals surface area contributed by atoms with E-state index in [4.69, 9.17) is 4.42 Å². The van der Waals surface area contributed by atoms with Crippen LogP contribution in [0.2, 0.25) is 0 Å². The summed E-state index contributed by atoms with van der Waals surface area (Å²) in [6.45, 7) is 3.86. The molecule has 1 spiro atoms. The summed E-state index contributed by atoms with van der Waals surface area (Å²) in [5, 5.41) is 0. The molecule has 0 unspecified atom stereocenters. The van der Waals surface area contributed by atoms with Gasteiger partial charge in [-0.2, -0.15) is 0 Å². The summed E-state index contributed by atoms with van der Waals surface area (Å²) < 4.78 is 5.44. The first-order valence-corrected chi connectivity index (χ1v) is 9.89. The standard InChI is InChI=1S/C20H22N2O3S/c1-15-4-6-16(7-5-15)19(24)21-10-8-20(9-11-21)22(18(23)14-26-20)13-17-3-2-12-25-17/h2-7,12H,8-11,13-14H2,1H3. The maximum absolute atomic E-state index is 12.7. The van der Waals surface area contributed by atoms with Crippen LogP contribution in [-0.4, -0.2) is 45.3 Å². The Kier molecular flexibility index (Phi) is 4.53. The molecule has 0 bridgehead atoms. The molecule has 0 aliphatic carbocycles. The Morgan fingerprint density at radius 1 is 1.19 bits per heavy atom. The van der Waals surface area contributed by atoms with Crippen molar-refractivity contribution in [1.29, 1.82) is 0 Å². The van der Waals surface area contributed by atoms with Crippen LogP contribution in [-0.2, 0) is 11.3 Å². The molecule has 1 aromatic carbocycles. The first kappa shape index (κ1) is 17.2. The van der Waals surface area contributed by atoms with Crippen molar-refractivity contribution in [2.75, 3.05) is 18.8 Å². The molecule has 1 aromatic heterocycles. The van der Waals surface area contributed by atoms with Gasteiger partial charge in [-0.1, -0.05) is 17.7 Å². The van der Waals surface area contributed by atoms with E-state index in [1.807, 2.05) is 53.1 Å². The van der Waals surface area contributed by atoms with Crippen LogP contribution in [0.3, 0.4) is 0 Å². The number of amides is 2. The fourth-order valence-electron chi connectivity index (χ4n) is 3.72. The van der Waals surface area contributed by atoms with E-state index in [1.165, 1.54) is 0 Å². The van der Waals surface area contributed by atoms with Crippen molar-refractivity contribution in [1.82, 2.24) is 9.80 Å². The zero-order valence-corrected chi connectivity index (χ0v) is 15.6. The number of thioether (sulfide) groups is 1. The van der Waals surface area contributed by atoms with Crippen molar-refractivity contribution in [3.63, 3.8) is 0 Å². The van der Waals surface area contributed by atoms with E-state index in [0.29, 0.717) is 25.4 Å². The molecule has 5 nitrogen and oxygen atoms in total. The SMILES string of the molecule is Cc1ccc(C(=O)N2CCC3(CC2)SCC(=O)N3Cc2ccco2)cc1. The molecule has 0 saturated carbocycles. The Bertz CT molecular complexity index is 793. The lowest BCUT2D eigenvalue weighted by Gasteiger charge is -2.43. The number of hydrogen-bond donors (Lipinski definition) is 0. The Hall–Kier alpha value is -2.21. The molecule has 4 rings (SSSR count). The van der Waals surface area contributed by atoms with Crippen LogP contribution in [0.15, 0.2) is 47.1 Å². The van der Waals surface area contributed by atoms with Gasteiger partial charge in [0.2, 0.25) is 5.91 Å². The highest BCUT2D eigenvalue weighted by molar-refractivity contribution is 8.01. The van der Waals surface area contributed by atoms with Crippen LogP contribution in [0.5, 0.6) is 0 Å². The number of hydrogen-bond acceptors (Lipinski definition) is 4. The van der Waals surface area contributed by atoms with Gasteiger partial charge in [-0.05, 0) is 44.0 Å². The van der Waals surface area contributed by atoms with Gasteiger partial charge in [-0.25, -0.2) is 0 Å². The molecule has 2 saturated heterocycles. The highest BCUT2D eigenvalue weighted by Crippen LogP contribution is 2.45. The van der Waals surface area contributed by atoms with Crippen molar-refractivity contribution < 1.29 is 14.0 Å². The minimum Gasteiger partial charge on any atom is -0.467 e. The maximum Gasteiger partial charge on any atom is 0.253 e. The molecule has 0 radical (unpaired) electrons. The largest absolute Gasteiger partial charge is 0.467 e. The molecule has 2 aromatic rings. The number of piperidine rings is 1. The van der Waals surface area contributed by atoms with Crippen LogP contribution < -0.4 is 0 Å². The van der Waals surface area contributed by atoms with Crippen LogP contribution in [0.4, 0.5) is 0 Å². The number of furan rings is 1. The van der Waals surface area contributed by atoms with E-state index in [9.17, 15) is 9.59 Å². The number of carbonyl (C=O) groups is 2. The van der Waals surface area contributed by atoms with Crippen molar-refractivity contribution in [3.8, 4) is 0 Å². The Balaban J connectivity index is 1.45. The lowest BCUT2D eigenvalue weighted by atomic mass is 10.0. The number of carbonyl (C=O) groups excluding carboxylic acids is 2. The van der Waals surface area contributed by atoms with Gasteiger partial charge >= 0.3 is 0 Å². The van der Waals surface area contributed by atoms with Gasteiger partial charge in [0, 0.05) is 18.7 Å². The highest BCUT2D eigenvalue weighted by Gasteiger charge is 2.48. The average molecular weight is 370 g/mol. The third-order valence-electron chi connectivity index (χ3n) is 5.28. The first-order chi connectivity index (χ1) is 12.6. The number of benzene rings is 1. The van der Waals surface area contributed by atoms with Gasteiger partial charge in [-0.3, -0.25) is 9.59 Å². The number of rotatable bonds is 3. The van der Waals surface area contributed by atoms with Crippen molar-refractivity contribution >= 4 is 23.6 Å². The van der Waals surface area contributed by atoms with Gasteiger partial charge in [0.15, 0.2) is 0 Å². The average Bonchev–Trinajstić information content (AvgIpc) is 3.27. The predicted molar refractivity (Wildman–Crippen MR) is 101 cm³/mol. The molecule has 0 atom stereocenters. The fraction of sp³-hybridized carbons (Fsp3) is 0.400. The van der Waals surface area contributed by atoms with Crippen molar-refractivity contribution in [2.24, 2.45) is 0 Å². The molecular formula is C20H22N2O3S. The topological polar surface area (TPSA) is 53.8 Å². The zero-order chi connectivity index (χ0) is 18.1. The summed E-state index contributed by atoms with van der Waals surface area (Å²) in [5.74, 6) is 1.54. The van der Waals surface area contributed by atoms with E-state index < -0.39 is 0 Å². The van der Waals surface area contributed by atoms with Crippen LogP contribution >= 0.6 is 11.8 Å². The summed E-state index contributed by atoms with van der Waals surface area (Å²) in [6, 6.07) is 11.5. The minimum atomic E-state index is -0.214. The highest BCUT2D eigenvalue weighted by atomic mass is 32.2. The second kappa shape index (κ2) is 6.83. The van der Waals surface area contributed by atoms with Crippen LogP contribution in [0.25, 0.3) is 0 Å². The van der Waals surface area contributed by atoms with Gasteiger partial charge in [0.05, 0.1) is 23.4 Å². The first-order valence-electron chi connectivity index (χ1n) is 8.90. The van der Waals surface area contributed by atoms with Crippen LogP contribution in [0.1, 0.15) is 34.5 Å². The summed E-state index contributed by atoms with van der Waals surface area (Å²) >= 11 is 1.71. The van der Waals surface area contributed by atoms with E-state index in [-0.39, 0.29) is 16.7 Å². The number of aryl methyl sites for hydroxylation is 1. The predicted octanol–water partition coefficient (Wildman–Crippen LogP) is 3.30. The summed E-state index contributed by atoms with van der Waals surface area (Å²) in [5.41, 5.74) is 1.88. The molecule has 26 heavy (non-hydrogen) atoms. The number of likely N-dealkylation sites (tertiary alicyclic amines) is 1. The Morgan fingerprint density at radius 2 is 1.92 bits per heavy atom. The Morgan fingerprint density at radius 3 is 2.58 bits per heavy atom. The van der Waals surface area contributed by atoms with E-state index in [2.05, 4.69) is 0 Å². The molecular weight excluding hydrogens is 348 g/mol.